The molecular formula is C10H16N8O3. The Bertz CT molecular complexity index is 521. The summed E-state index contributed by atoms with van der Waals surface area (Å²) in [7, 11) is 0. The maximum Gasteiger partial charge on any atom is 0.309 e. The van der Waals surface area contributed by atoms with Gasteiger partial charge in [0.15, 0.2) is 0 Å². The van der Waals surface area contributed by atoms with Crippen molar-refractivity contribution in [2.75, 3.05) is 17.2 Å². The Morgan fingerprint density at radius 1 is 0.857 bits per heavy atom. The molecule has 11 nitrogen and oxygen atoms in total. The second kappa shape index (κ2) is 8.58. The number of primary amides is 2. The van der Waals surface area contributed by atoms with Gasteiger partial charge in [0, 0.05) is 6.07 Å². The molecule has 11 heteroatoms. The monoisotopic (exact) mass is 296 g/mol. The third kappa shape index (κ3) is 10.1. The van der Waals surface area contributed by atoms with E-state index in [-0.39, 0.29) is 29.3 Å². The number of phenols is 2. The lowest BCUT2D eigenvalue weighted by molar-refractivity contribution is 0.256. The summed E-state index contributed by atoms with van der Waals surface area (Å²) in [5.74, 6) is 0.301. The Labute approximate surface area is 119 Å². The van der Waals surface area contributed by atoms with Gasteiger partial charge in [-0.05, 0) is 12.1 Å². The van der Waals surface area contributed by atoms with Crippen LogP contribution in [-0.4, -0.2) is 31.2 Å². The van der Waals surface area contributed by atoms with Gasteiger partial charge in [-0.3, -0.25) is 0 Å². The molecule has 0 saturated carbocycles. The number of nitrogen functional groups attached to an aromatic ring is 3. The van der Waals surface area contributed by atoms with Crippen LogP contribution in [0.3, 0.4) is 0 Å². The first-order chi connectivity index (χ1) is 9.70. The number of anilines is 3. The van der Waals surface area contributed by atoms with Crippen LogP contribution in [0.25, 0.3) is 0 Å². The number of hydrogen-bond acceptors (Lipinski definition) is 9. The minimum absolute atomic E-state index is 0.0417. The van der Waals surface area contributed by atoms with Gasteiger partial charge in [0.25, 0.3) is 0 Å². The van der Waals surface area contributed by atoms with Crippen molar-refractivity contribution >= 4 is 23.9 Å². The number of benzene rings is 1. The Balaban J connectivity index is 0.000000308. The number of urea groups is 1. The Morgan fingerprint density at radius 3 is 1.33 bits per heavy atom. The van der Waals surface area contributed by atoms with Gasteiger partial charge in [-0.1, -0.05) is 6.07 Å². The molecule has 114 valence electrons. The summed E-state index contributed by atoms with van der Waals surface area (Å²) in [5, 5.41) is 17.3. The van der Waals surface area contributed by atoms with Gasteiger partial charge in [-0.25, -0.2) is 4.79 Å². The number of nitrogens with two attached hydrogens (primary N) is 5. The van der Waals surface area contributed by atoms with Crippen LogP contribution in [0.5, 0.6) is 11.5 Å². The molecule has 1 heterocycles. The fourth-order valence-corrected chi connectivity index (χ4v) is 0.920. The fraction of sp³-hybridized carbons (Fsp3) is 0. The van der Waals surface area contributed by atoms with Crippen molar-refractivity contribution in [1.29, 1.82) is 0 Å². The van der Waals surface area contributed by atoms with Gasteiger partial charge in [-0.15, -0.1) is 0 Å². The molecule has 2 amide bonds. The molecule has 0 unspecified atom stereocenters. The summed E-state index contributed by atoms with van der Waals surface area (Å²) in [4.78, 5) is 19.5. The van der Waals surface area contributed by atoms with Crippen LogP contribution in [0, 0.1) is 0 Å². The summed E-state index contributed by atoms with van der Waals surface area (Å²) in [6.45, 7) is 0. The highest BCUT2D eigenvalue weighted by Crippen LogP contribution is 2.14. The zero-order chi connectivity index (χ0) is 16.4. The minimum Gasteiger partial charge on any atom is -0.508 e. The van der Waals surface area contributed by atoms with E-state index < -0.39 is 6.03 Å². The molecule has 0 bridgehead atoms. The summed E-state index contributed by atoms with van der Waals surface area (Å²) in [5.41, 5.74) is 23.9. The largest absolute Gasteiger partial charge is 0.508 e. The van der Waals surface area contributed by atoms with Crippen LogP contribution in [0.2, 0.25) is 0 Å². The van der Waals surface area contributed by atoms with Crippen LogP contribution >= 0.6 is 0 Å². The molecule has 0 spiro atoms. The molecule has 0 radical (unpaired) electrons. The van der Waals surface area contributed by atoms with E-state index in [0.29, 0.717) is 0 Å². The van der Waals surface area contributed by atoms with Crippen molar-refractivity contribution in [3.05, 3.63) is 24.3 Å². The van der Waals surface area contributed by atoms with E-state index in [1.165, 1.54) is 18.2 Å². The SMILES string of the molecule is NC(N)=O.Nc1nc(N)nc(N)n1.Oc1cccc(O)c1. The molecule has 2 rings (SSSR count). The summed E-state index contributed by atoms with van der Waals surface area (Å²) < 4.78 is 0. The third-order valence-corrected chi connectivity index (χ3v) is 1.52. The van der Waals surface area contributed by atoms with Crippen molar-refractivity contribution < 1.29 is 15.0 Å². The molecule has 21 heavy (non-hydrogen) atoms. The van der Waals surface area contributed by atoms with E-state index in [1.807, 2.05) is 0 Å². The molecule has 0 aliphatic heterocycles. The first kappa shape index (κ1) is 17.5. The maximum atomic E-state index is 9.00. The van der Waals surface area contributed by atoms with Crippen LogP contribution < -0.4 is 28.7 Å². The van der Waals surface area contributed by atoms with Crippen LogP contribution in [0.1, 0.15) is 0 Å². The second-order valence-electron chi connectivity index (χ2n) is 3.33. The number of carbonyl (C=O) groups excluding carboxylic acids is 1. The van der Waals surface area contributed by atoms with Gasteiger partial charge in [-0.2, -0.15) is 15.0 Å². The number of rotatable bonds is 0. The van der Waals surface area contributed by atoms with Gasteiger partial charge in [0.1, 0.15) is 11.5 Å². The molecule has 0 atom stereocenters. The van der Waals surface area contributed by atoms with Crippen molar-refractivity contribution in [1.82, 2.24) is 15.0 Å². The zero-order valence-electron chi connectivity index (χ0n) is 10.8. The van der Waals surface area contributed by atoms with Gasteiger partial charge in [0.05, 0.1) is 0 Å². The van der Waals surface area contributed by atoms with E-state index in [9.17, 15) is 0 Å². The number of hydrogen-bond donors (Lipinski definition) is 7. The molecule has 0 aliphatic carbocycles. The summed E-state index contributed by atoms with van der Waals surface area (Å²) in [6, 6.07) is 5.02. The quantitative estimate of drug-likeness (QED) is 0.307. The van der Waals surface area contributed by atoms with E-state index in [0.717, 1.165) is 0 Å². The molecule has 2 aromatic rings. The lowest BCUT2D eigenvalue weighted by atomic mass is 10.3. The van der Waals surface area contributed by atoms with Gasteiger partial charge in [0.2, 0.25) is 17.8 Å². The highest BCUT2D eigenvalue weighted by atomic mass is 16.3. The normalized spacial score (nSPS) is 8.57. The summed E-state index contributed by atoms with van der Waals surface area (Å²) in [6.07, 6.45) is 0. The van der Waals surface area contributed by atoms with Crippen molar-refractivity contribution in [3.8, 4) is 11.5 Å². The topological polar surface area (TPSA) is 226 Å². The van der Waals surface area contributed by atoms with Crippen LogP contribution in [0.15, 0.2) is 24.3 Å². The Hall–Kier alpha value is -3.50. The van der Waals surface area contributed by atoms with Crippen LogP contribution in [0.4, 0.5) is 22.6 Å². The van der Waals surface area contributed by atoms with E-state index in [2.05, 4.69) is 26.4 Å². The predicted molar refractivity (Wildman–Crippen MR) is 76.6 cm³/mol. The fourth-order valence-electron chi connectivity index (χ4n) is 0.920. The maximum absolute atomic E-state index is 9.00. The number of aromatic nitrogens is 3. The number of phenolic OH excluding ortho intramolecular Hbond substituents is 2. The van der Waals surface area contributed by atoms with E-state index >= 15 is 0 Å². The van der Waals surface area contributed by atoms with E-state index in [1.54, 1.807) is 6.07 Å². The molecule has 0 aliphatic rings. The van der Waals surface area contributed by atoms with Gasteiger partial charge < -0.3 is 38.9 Å². The Morgan fingerprint density at radius 2 is 1.14 bits per heavy atom. The average Bonchev–Trinajstić information content (AvgIpc) is 2.26. The molecule has 1 aromatic carbocycles. The highest BCUT2D eigenvalue weighted by Gasteiger charge is 1.93. The lowest BCUT2D eigenvalue weighted by Crippen LogP contribution is -2.18. The molecular weight excluding hydrogens is 280 g/mol. The van der Waals surface area contributed by atoms with Crippen molar-refractivity contribution in [2.45, 2.75) is 0 Å². The van der Waals surface area contributed by atoms with Crippen molar-refractivity contribution in [3.63, 3.8) is 0 Å². The number of aromatic hydroxyl groups is 2. The second-order valence-corrected chi connectivity index (χ2v) is 3.33. The molecule has 12 N–H and O–H groups in total. The number of nitrogens with zero attached hydrogens (tertiary/aromatic N) is 3. The van der Waals surface area contributed by atoms with E-state index in [4.69, 9.17) is 32.2 Å². The number of carbonyl (C=O) groups is 1. The summed E-state index contributed by atoms with van der Waals surface area (Å²) >= 11 is 0. The van der Waals surface area contributed by atoms with Gasteiger partial charge >= 0.3 is 6.03 Å². The average molecular weight is 296 g/mol. The smallest absolute Gasteiger partial charge is 0.309 e. The first-order valence-corrected chi connectivity index (χ1v) is 5.26. The Kier molecular flexibility index (Phi) is 7.15. The molecule has 0 fully saturated rings. The lowest BCUT2D eigenvalue weighted by Gasteiger charge is -1.93. The number of amides is 2. The van der Waals surface area contributed by atoms with Crippen LogP contribution in [-0.2, 0) is 0 Å². The minimum atomic E-state index is -0.833. The molecule has 1 aromatic heterocycles. The standard InChI is InChI=1S/C6H6O2.C3H6N6.CH4N2O/c7-5-2-1-3-6(8)4-5;4-1-7-2(5)9-3(6)8-1;2-1(3)4/h1-4,7-8H;(H6,4,5,6,7,8,9);(H4,2,3,4). The van der Waals surface area contributed by atoms with Crippen molar-refractivity contribution in [2.24, 2.45) is 11.5 Å². The predicted octanol–water partition coefficient (Wildman–Crippen LogP) is -1.26. The zero-order valence-corrected chi connectivity index (χ0v) is 10.8. The third-order valence-electron chi connectivity index (χ3n) is 1.52. The highest BCUT2D eigenvalue weighted by molar-refractivity contribution is 5.69. The molecule has 0 saturated heterocycles. The first-order valence-electron chi connectivity index (χ1n) is 5.26.